The van der Waals surface area contributed by atoms with Gasteiger partial charge in [-0.1, -0.05) is 56.8 Å². The minimum Gasteiger partial charge on any atom is -0.344 e. The Morgan fingerprint density at radius 3 is 2.24 bits per heavy atom. The SMILES string of the molecule is CC(C)C(NC(=O)CC1CCCCC1)C(=O)N1CCC(c2ccc(Cl)cc2)CC1. The van der Waals surface area contributed by atoms with Crippen LogP contribution in [0.25, 0.3) is 0 Å². The average molecular weight is 419 g/mol. The van der Waals surface area contributed by atoms with Crippen LogP contribution in [0.4, 0.5) is 0 Å². The van der Waals surface area contributed by atoms with E-state index in [1.807, 2.05) is 30.9 Å². The number of hydrogen-bond donors (Lipinski definition) is 1. The second-order valence-corrected chi connectivity index (χ2v) is 9.58. The molecule has 4 nitrogen and oxygen atoms in total. The summed E-state index contributed by atoms with van der Waals surface area (Å²) in [5, 5.41) is 3.82. The fourth-order valence-corrected chi connectivity index (χ4v) is 4.89. The van der Waals surface area contributed by atoms with Gasteiger partial charge in [0, 0.05) is 24.5 Å². The van der Waals surface area contributed by atoms with E-state index in [1.165, 1.54) is 24.8 Å². The summed E-state index contributed by atoms with van der Waals surface area (Å²) in [5.74, 6) is 1.16. The summed E-state index contributed by atoms with van der Waals surface area (Å²) >= 11 is 6.00. The Hall–Kier alpha value is -1.55. The standard InChI is InChI=1S/C24H35ClN2O2/c1-17(2)23(26-22(28)16-18-6-4-3-5-7-18)24(29)27-14-12-20(13-15-27)19-8-10-21(25)11-9-19/h8-11,17-18,20,23H,3-7,12-16H2,1-2H3,(H,26,28). The van der Waals surface area contributed by atoms with E-state index >= 15 is 0 Å². The Kier molecular flexibility index (Phi) is 7.99. The van der Waals surface area contributed by atoms with E-state index < -0.39 is 6.04 Å². The molecule has 1 aromatic carbocycles. The highest BCUT2D eigenvalue weighted by atomic mass is 35.5. The van der Waals surface area contributed by atoms with Gasteiger partial charge < -0.3 is 10.2 Å². The lowest BCUT2D eigenvalue weighted by molar-refractivity contribution is -0.138. The number of nitrogens with zero attached hydrogens (tertiary/aromatic N) is 1. The first kappa shape index (κ1) is 22.1. The number of likely N-dealkylation sites (tertiary alicyclic amines) is 1. The van der Waals surface area contributed by atoms with Crippen molar-refractivity contribution in [3.63, 3.8) is 0 Å². The molecule has 1 N–H and O–H groups in total. The number of piperidine rings is 1. The van der Waals surface area contributed by atoms with Gasteiger partial charge in [0.05, 0.1) is 0 Å². The summed E-state index contributed by atoms with van der Waals surface area (Å²) < 4.78 is 0. The number of halogens is 1. The van der Waals surface area contributed by atoms with Crippen molar-refractivity contribution in [1.29, 1.82) is 0 Å². The Labute approximate surface area is 180 Å². The fraction of sp³-hybridized carbons (Fsp3) is 0.667. The molecule has 1 unspecified atom stereocenters. The van der Waals surface area contributed by atoms with Gasteiger partial charge in [-0.15, -0.1) is 0 Å². The van der Waals surface area contributed by atoms with E-state index in [0.29, 0.717) is 18.3 Å². The smallest absolute Gasteiger partial charge is 0.245 e. The van der Waals surface area contributed by atoms with Crippen LogP contribution in [0.3, 0.4) is 0 Å². The van der Waals surface area contributed by atoms with Crippen LogP contribution < -0.4 is 5.32 Å². The monoisotopic (exact) mass is 418 g/mol. The van der Waals surface area contributed by atoms with Crippen LogP contribution in [0, 0.1) is 11.8 Å². The van der Waals surface area contributed by atoms with E-state index in [4.69, 9.17) is 11.6 Å². The summed E-state index contributed by atoms with van der Waals surface area (Å²) in [6.07, 6.45) is 8.51. The summed E-state index contributed by atoms with van der Waals surface area (Å²) in [6.45, 7) is 5.52. The molecule has 1 atom stereocenters. The Morgan fingerprint density at radius 2 is 1.66 bits per heavy atom. The van der Waals surface area contributed by atoms with Gasteiger partial charge in [0.25, 0.3) is 0 Å². The first-order chi connectivity index (χ1) is 13.9. The van der Waals surface area contributed by atoms with Gasteiger partial charge in [-0.25, -0.2) is 0 Å². The van der Waals surface area contributed by atoms with Crippen LogP contribution in [0.15, 0.2) is 24.3 Å². The molecule has 2 aliphatic rings. The van der Waals surface area contributed by atoms with Crippen molar-refractivity contribution in [3.8, 4) is 0 Å². The van der Waals surface area contributed by atoms with Crippen molar-refractivity contribution in [2.75, 3.05) is 13.1 Å². The number of amides is 2. The molecule has 0 spiro atoms. The van der Waals surface area contributed by atoms with Crippen molar-refractivity contribution in [1.82, 2.24) is 10.2 Å². The zero-order valence-corrected chi connectivity index (χ0v) is 18.6. The Balaban J connectivity index is 1.52. The van der Waals surface area contributed by atoms with Crippen LogP contribution >= 0.6 is 11.6 Å². The van der Waals surface area contributed by atoms with Gasteiger partial charge in [-0.05, 0) is 61.1 Å². The maximum Gasteiger partial charge on any atom is 0.245 e. The first-order valence-corrected chi connectivity index (χ1v) is 11.7. The summed E-state index contributed by atoms with van der Waals surface area (Å²) in [7, 11) is 0. The van der Waals surface area contributed by atoms with E-state index in [1.54, 1.807) is 0 Å². The normalized spacial score (nSPS) is 19.9. The molecule has 1 saturated heterocycles. The molecule has 0 aromatic heterocycles. The summed E-state index contributed by atoms with van der Waals surface area (Å²) in [5.41, 5.74) is 1.29. The molecule has 0 bridgehead atoms. The second-order valence-electron chi connectivity index (χ2n) is 9.15. The van der Waals surface area contributed by atoms with Gasteiger partial charge in [0.2, 0.25) is 11.8 Å². The summed E-state index contributed by atoms with van der Waals surface area (Å²) in [4.78, 5) is 27.7. The maximum atomic E-state index is 13.1. The number of rotatable bonds is 6. The third-order valence-corrected chi connectivity index (χ3v) is 6.85. The predicted octanol–water partition coefficient (Wildman–Crippen LogP) is 5.16. The van der Waals surface area contributed by atoms with Crippen molar-refractivity contribution in [2.24, 2.45) is 11.8 Å². The Morgan fingerprint density at radius 1 is 1.03 bits per heavy atom. The van der Waals surface area contributed by atoms with Crippen molar-refractivity contribution >= 4 is 23.4 Å². The van der Waals surface area contributed by atoms with Crippen molar-refractivity contribution in [2.45, 2.75) is 77.2 Å². The molecule has 5 heteroatoms. The first-order valence-electron chi connectivity index (χ1n) is 11.3. The van der Waals surface area contributed by atoms with Crippen molar-refractivity contribution < 1.29 is 9.59 Å². The van der Waals surface area contributed by atoms with Crippen LogP contribution in [0.5, 0.6) is 0 Å². The average Bonchev–Trinajstić information content (AvgIpc) is 2.73. The predicted molar refractivity (Wildman–Crippen MR) is 118 cm³/mol. The third kappa shape index (κ3) is 6.21. The molecule has 160 valence electrons. The van der Waals surface area contributed by atoms with Gasteiger partial charge in [-0.2, -0.15) is 0 Å². The lowest BCUT2D eigenvalue weighted by atomic mass is 9.86. The lowest BCUT2D eigenvalue weighted by Crippen LogP contribution is -2.53. The Bertz CT molecular complexity index is 675. The maximum absolute atomic E-state index is 13.1. The number of hydrogen-bond acceptors (Lipinski definition) is 2. The van der Waals surface area contributed by atoms with Gasteiger partial charge in [-0.3, -0.25) is 9.59 Å². The number of carbonyl (C=O) groups is 2. The molecule has 1 saturated carbocycles. The molecule has 3 rings (SSSR count). The highest BCUT2D eigenvalue weighted by Crippen LogP contribution is 2.30. The number of carbonyl (C=O) groups excluding carboxylic acids is 2. The minimum absolute atomic E-state index is 0.0417. The topological polar surface area (TPSA) is 49.4 Å². The third-order valence-electron chi connectivity index (χ3n) is 6.60. The van der Waals surface area contributed by atoms with E-state index in [2.05, 4.69) is 17.4 Å². The molecular weight excluding hydrogens is 384 g/mol. The van der Waals surface area contributed by atoms with Crippen LogP contribution in [0.2, 0.25) is 5.02 Å². The van der Waals surface area contributed by atoms with Crippen LogP contribution in [-0.4, -0.2) is 35.8 Å². The van der Waals surface area contributed by atoms with Gasteiger partial charge >= 0.3 is 0 Å². The lowest BCUT2D eigenvalue weighted by Gasteiger charge is -2.35. The molecule has 1 aliphatic heterocycles. The molecule has 2 amide bonds. The zero-order chi connectivity index (χ0) is 20.8. The minimum atomic E-state index is -0.418. The molecule has 0 radical (unpaired) electrons. The molecule has 1 aliphatic carbocycles. The molecule has 2 fully saturated rings. The molecular formula is C24H35ClN2O2. The van der Waals surface area contributed by atoms with Crippen LogP contribution in [-0.2, 0) is 9.59 Å². The second kappa shape index (κ2) is 10.5. The van der Waals surface area contributed by atoms with Crippen molar-refractivity contribution in [3.05, 3.63) is 34.9 Å². The van der Waals surface area contributed by atoms with E-state index in [0.717, 1.165) is 43.8 Å². The highest BCUT2D eigenvalue weighted by Gasteiger charge is 2.32. The molecule has 1 heterocycles. The molecule has 1 aromatic rings. The summed E-state index contributed by atoms with van der Waals surface area (Å²) in [6, 6.07) is 7.63. The van der Waals surface area contributed by atoms with E-state index in [-0.39, 0.29) is 17.7 Å². The van der Waals surface area contributed by atoms with Gasteiger partial charge in [0.15, 0.2) is 0 Å². The van der Waals surface area contributed by atoms with Gasteiger partial charge in [0.1, 0.15) is 6.04 Å². The fourth-order valence-electron chi connectivity index (χ4n) is 4.76. The largest absolute Gasteiger partial charge is 0.344 e. The van der Waals surface area contributed by atoms with Crippen LogP contribution in [0.1, 0.15) is 76.7 Å². The molecule has 29 heavy (non-hydrogen) atoms. The number of nitrogens with one attached hydrogen (secondary N) is 1. The quantitative estimate of drug-likeness (QED) is 0.693. The number of benzene rings is 1. The van der Waals surface area contributed by atoms with E-state index in [9.17, 15) is 9.59 Å². The highest BCUT2D eigenvalue weighted by molar-refractivity contribution is 6.30. The zero-order valence-electron chi connectivity index (χ0n) is 17.8.